The zero-order valence-electron chi connectivity index (χ0n) is 16.2. The number of phenolic OH excluding ortho intramolecular Hbond substituents is 1. The fourth-order valence-electron chi connectivity index (χ4n) is 4.62. The van der Waals surface area contributed by atoms with Crippen LogP contribution in [0.1, 0.15) is 96.3 Å². The van der Waals surface area contributed by atoms with Gasteiger partial charge in [0.05, 0.1) is 0 Å². The van der Waals surface area contributed by atoms with E-state index in [1.165, 1.54) is 24.8 Å². The average Bonchev–Trinajstić information content (AvgIpc) is 2.37. The van der Waals surface area contributed by atoms with E-state index in [9.17, 15) is 5.11 Å². The fraction of sp³-hybridized carbons (Fsp3) is 0.727. The maximum Gasteiger partial charge on any atom is 0.122 e. The van der Waals surface area contributed by atoms with E-state index >= 15 is 0 Å². The van der Waals surface area contributed by atoms with Crippen LogP contribution in [0.3, 0.4) is 0 Å². The summed E-state index contributed by atoms with van der Waals surface area (Å²) in [5, 5.41) is 10.7. The van der Waals surface area contributed by atoms with Gasteiger partial charge in [0.25, 0.3) is 0 Å². The van der Waals surface area contributed by atoms with E-state index in [0.717, 1.165) is 23.5 Å². The highest BCUT2D eigenvalue weighted by Gasteiger charge is 2.33. The summed E-state index contributed by atoms with van der Waals surface area (Å²) in [5.74, 6) is 2.90. The second kappa shape index (κ2) is 6.87. The van der Waals surface area contributed by atoms with Gasteiger partial charge in [-0.15, -0.1) is 0 Å². The normalized spacial score (nSPS) is 24.4. The fourth-order valence-corrected chi connectivity index (χ4v) is 4.62. The summed E-state index contributed by atoms with van der Waals surface area (Å²) in [4.78, 5) is 0. The summed E-state index contributed by atoms with van der Waals surface area (Å²) in [5.41, 5.74) is 4.17. The molecule has 0 saturated heterocycles. The Morgan fingerprint density at radius 1 is 1.13 bits per heavy atom. The van der Waals surface area contributed by atoms with Gasteiger partial charge in [-0.3, -0.25) is 0 Å². The highest BCUT2D eigenvalue weighted by atomic mass is 16.3. The first-order chi connectivity index (χ1) is 10.6. The van der Waals surface area contributed by atoms with Crippen molar-refractivity contribution in [1.82, 2.24) is 0 Å². The summed E-state index contributed by atoms with van der Waals surface area (Å²) in [6.07, 6.45) is 4.84. The van der Waals surface area contributed by atoms with E-state index < -0.39 is 0 Å². The standard InChI is InChI=1S/C22H36O/c1-14(2)8-18-10-17(11-20(15(3)4)21(18)23)19-9-16(5)12-22(6,7)13-19/h10-11,14-16,19,23H,8-9,12-13H2,1-7H3. The van der Waals surface area contributed by atoms with Crippen LogP contribution in [0.2, 0.25) is 0 Å². The molecule has 2 unspecified atom stereocenters. The third-order valence-electron chi connectivity index (χ3n) is 5.35. The zero-order chi connectivity index (χ0) is 17.4. The van der Waals surface area contributed by atoms with E-state index in [1.54, 1.807) is 0 Å². The number of phenols is 1. The number of hydrogen-bond acceptors (Lipinski definition) is 1. The van der Waals surface area contributed by atoms with Crippen molar-refractivity contribution < 1.29 is 5.11 Å². The van der Waals surface area contributed by atoms with Crippen LogP contribution in [0.5, 0.6) is 5.75 Å². The van der Waals surface area contributed by atoms with Crippen molar-refractivity contribution in [1.29, 1.82) is 0 Å². The highest BCUT2D eigenvalue weighted by molar-refractivity contribution is 5.46. The molecule has 1 fully saturated rings. The Bertz CT molecular complexity index is 539. The molecule has 1 aliphatic carbocycles. The minimum atomic E-state index is 0.370. The molecule has 0 bridgehead atoms. The molecule has 0 aliphatic heterocycles. The lowest BCUT2D eigenvalue weighted by molar-refractivity contribution is 0.168. The van der Waals surface area contributed by atoms with Gasteiger partial charge in [0.2, 0.25) is 0 Å². The summed E-state index contributed by atoms with van der Waals surface area (Å²) >= 11 is 0. The molecule has 23 heavy (non-hydrogen) atoms. The van der Waals surface area contributed by atoms with Crippen molar-refractivity contribution in [2.45, 2.75) is 86.0 Å². The molecule has 1 heteroatoms. The van der Waals surface area contributed by atoms with Crippen LogP contribution in [0.25, 0.3) is 0 Å². The molecule has 2 atom stereocenters. The van der Waals surface area contributed by atoms with Crippen molar-refractivity contribution >= 4 is 0 Å². The first-order valence-electron chi connectivity index (χ1n) is 9.44. The maximum absolute atomic E-state index is 10.7. The Morgan fingerprint density at radius 2 is 1.78 bits per heavy atom. The van der Waals surface area contributed by atoms with Crippen LogP contribution >= 0.6 is 0 Å². The van der Waals surface area contributed by atoms with Gasteiger partial charge in [0, 0.05) is 0 Å². The van der Waals surface area contributed by atoms with Gasteiger partial charge in [0.15, 0.2) is 0 Å². The van der Waals surface area contributed by atoms with Gasteiger partial charge in [-0.25, -0.2) is 0 Å². The Balaban J connectivity index is 2.43. The Labute approximate surface area is 143 Å². The van der Waals surface area contributed by atoms with Crippen LogP contribution in [-0.4, -0.2) is 5.11 Å². The zero-order valence-corrected chi connectivity index (χ0v) is 16.2. The van der Waals surface area contributed by atoms with Crippen molar-refractivity contribution in [3.05, 3.63) is 28.8 Å². The molecule has 0 spiro atoms. The SMILES string of the molecule is CC(C)Cc1cc(C2CC(C)CC(C)(C)C2)cc(C(C)C)c1O. The number of rotatable bonds is 4. The predicted octanol–water partition coefficient (Wildman–Crippen LogP) is 6.64. The molecule has 1 aliphatic rings. The second-order valence-electron chi connectivity index (χ2n) is 9.48. The van der Waals surface area contributed by atoms with E-state index in [1.807, 2.05) is 0 Å². The van der Waals surface area contributed by atoms with Gasteiger partial charge in [-0.05, 0) is 71.5 Å². The molecule has 2 rings (SSSR count). The quantitative estimate of drug-likeness (QED) is 0.659. The van der Waals surface area contributed by atoms with Crippen LogP contribution in [0, 0.1) is 17.3 Å². The summed E-state index contributed by atoms with van der Waals surface area (Å²) in [6.45, 7) is 16.0. The molecule has 1 saturated carbocycles. The molecule has 1 N–H and O–H groups in total. The van der Waals surface area contributed by atoms with Crippen molar-refractivity contribution in [3.8, 4) is 5.75 Å². The average molecular weight is 317 g/mol. The predicted molar refractivity (Wildman–Crippen MR) is 100 cm³/mol. The number of benzene rings is 1. The van der Waals surface area contributed by atoms with Gasteiger partial charge in [-0.1, -0.05) is 60.6 Å². The van der Waals surface area contributed by atoms with Crippen LogP contribution < -0.4 is 0 Å². The lowest BCUT2D eigenvalue weighted by Gasteiger charge is -2.39. The lowest BCUT2D eigenvalue weighted by Crippen LogP contribution is -2.26. The second-order valence-corrected chi connectivity index (χ2v) is 9.48. The molecule has 0 heterocycles. The van der Waals surface area contributed by atoms with E-state index in [2.05, 4.69) is 60.6 Å². The first-order valence-corrected chi connectivity index (χ1v) is 9.44. The minimum Gasteiger partial charge on any atom is -0.507 e. The summed E-state index contributed by atoms with van der Waals surface area (Å²) in [7, 11) is 0. The topological polar surface area (TPSA) is 20.2 Å². The van der Waals surface area contributed by atoms with Crippen molar-refractivity contribution in [2.75, 3.05) is 0 Å². The Kier molecular flexibility index (Phi) is 5.48. The molecule has 0 amide bonds. The molecule has 130 valence electrons. The third kappa shape index (κ3) is 4.52. The Morgan fingerprint density at radius 3 is 2.30 bits per heavy atom. The highest BCUT2D eigenvalue weighted by Crippen LogP contribution is 2.47. The molecule has 0 aromatic heterocycles. The summed E-state index contributed by atoms with van der Waals surface area (Å²) < 4.78 is 0. The largest absolute Gasteiger partial charge is 0.507 e. The van der Waals surface area contributed by atoms with Crippen LogP contribution in [-0.2, 0) is 6.42 Å². The van der Waals surface area contributed by atoms with Gasteiger partial charge >= 0.3 is 0 Å². The minimum absolute atomic E-state index is 0.370. The number of aromatic hydroxyl groups is 1. The smallest absolute Gasteiger partial charge is 0.122 e. The first kappa shape index (κ1) is 18.4. The van der Waals surface area contributed by atoms with E-state index in [4.69, 9.17) is 0 Å². The molecule has 1 aromatic carbocycles. The van der Waals surface area contributed by atoms with Crippen LogP contribution in [0.15, 0.2) is 12.1 Å². The molecule has 0 radical (unpaired) electrons. The third-order valence-corrected chi connectivity index (χ3v) is 5.35. The molecule has 1 aromatic rings. The van der Waals surface area contributed by atoms with Gasteiger partial charge in [-0.2, -0.15) is 0 Å². The van der Waals surface area contributed by atoms with Gasteiger partial charge < -0.3 is 5.11 Å². The van der Waals surface area contributed by atoms with Crippen molar-refractivity contribution in [2.24, 2.45) is 17.3 Å². The molecule has 1 nitrogen and oxygen atoms in total. The molecular formula is C22H36O. The number of hydrogen-bond donors (Lipinski definition) is 1. The van der Waals surface area contributed by atoms with E-state index in [0.29, 0.717) is 28.9 Å². The lowest BCUT2D eigenvalue weighted by atomic mass is 9.66. The Hall–Kier alpha value is -0.980. The molecular weight excluding hydrogens is 280 g/mol. The summed E-state index contributed by atoms with van der Waals surface area (Å²) in [6, 6.07) is 4.60. The monoisotopic (exact) mass is 316 g/mol. The van der Waals surface area contributed by atoms with E-state index in [-0.39, 0.29) is 0 Å². The van der Waals surface area contributed by atoms with Crippen LogP contribution in [0.4, 0.5) is 0 Å². The maximum atomic E-state index is 10.7. The van der Waals surface area contributed by atoms with Gasteiger partial charge in [0.1, 0.15) is 5.75 Å². The van der Waals surface area contributed by atoms with Crippen molar-refractivity contribution in [3.63, 3.8) is 0 Å².